The molecule has 21 heavy (non-hydrogen) atoms. The summed E-state index contributed by atoms with van der Waals surface area (Å²) in [6, 6.07) is 10.6. The lowest BCUT2D eigenvalue weighted by molar-refractivity contribution is 0.318. The molecule has 0 saturated heterocycles. The van der Waals surface area contributed by atoms with Gasteiger partial charge in [-0.25, -0.2) is 4.39 Å². The molecule has 0 amide bonds. The van der Waals surface area contributed by atoms with Gasteiger partial charge in [0.15, 0.2) is 5.84 Å². The summed E-state index contributed by atoms with van der Waals surface area (Å²) in [6.07, 6.45) is 0. The molecule has 2 aromatic rings. The Morgan fingerprint density at radius 1 is 1.19 bits per heavy atom. The summed E-state index contributed by atoms with van der Waals surface area (Å²) in [5.74, 6) is -0.501. The first-order valence-electron chi connectivity index (χ1n) is 6.58. The van der Waals surface area contributed by atoms with Crippen molar-refractivity contribution >= 4 is 11.5 Å². The molecule has 110 valence electrons. The number of aryl methyl sites for hydroxylation is 2. The van der Waals surface area contributed by atoms with Crippen LogP contribution in [0.1, 0.15) is 22.3 Å². The number of nitrogens with two attached hydrogens (primary N) is 1. The second kappa shape index (κ2) is 6.26. The molecule has 4 nitrogen and oxygen atoms in total. The molecule has 0 aliphatic rings. The van der Waals surface area contributed by atoms with E-state index in [2.05, 4.69) is 16.5 Å². The van der Waals surface area contributed by atoms with Crippen molar-refractivity contribution in [1.29, 1.82) is 0 Å². The Morgan fingerprint density at radius 3 is 2.43 bits per heavy atom. The van der Waals surface area contributed by atoms with Crippen LogP contribution in [0.25, 0.3) is 0 Å². The Kier molecular flexibility index (Phi) is 4.42. The molecule has 0 bridgehead atoms. The molecule has 0 aliphatic carbocycles. The largest absolute Gasteiger partial charge is 0.409 e. The highest BCUT2D eigenvalue weighted by molar-refractivity contribution is 5.97. The first kappa shape index (κ1) is 14.8. The summed E-state index contributed by atoms with van der Waals surface area (Å²) in [7, 11) is 0. The molecule has 0 spiro atoms. The number of hydrogen-bond donors (Lipinski definition) is 3. The second-order valence-corrected chi connectivity index (χ2v) is 5.02. The quantitative estimate of drug-likeness (QED) is 0.350. The van der Waals surface area contributed by atoms with E-state index in [1.54, 1.807) is 12.1 Å². The lowest BCUT2D eigenvalue weighted by Crippen LogP contribution is -2.14. The minimum atomic E-state index is -0.393. The summed E-state index contributed by atoms with van der Waals surface area (Å²) < 4.78 is 14.0. The van der Waals surface area contributed by atoms with Crippen LogP contribution in [0.4, 0.5) is 10.1 Å². The van der Waals surface area contributed by atoms with Crippen molar-refractivity contribution in [3.05, 3.63) is 64.5 Å². The Hall–Kier alpha value is -2.56. The normalized spacial score (nSPS) is 11.5. The van der Waals surface area contributed by atoms with Crippen molar-refractivity contribution in [3.8, 4) is 0 Å². The molecule has 0 unspecified atom stereocenters. The van der Waals surface area contributed by atoms with E-state index in [-0.39, 0.29) is 5.84 Å². The molecule has 0 saturated carbocycles. The number of nitrogens with one attached hydrogen (secondary N) is 1. The molecule has 0 aliphatic heterocycles. The van der Waals surface area contributed by atoms with E-state index in [4.69, 9.17) is 10.9 Å². The lowest BCUT2D eigenvalue weighted by Gasteiger charge is -2.10. The van der Waals surface area contributed by atoms with Crippen LogP contribution in [0, 0.1) is 19.7 Å². The maximum Gasteiger partial charge on any atom is 0.170 e. The van der Waals surface area contributed by atoms with Gasteiger partial charge in [0.05, 0.1) is 0 Å². The zero-order valence-corrected chi connectivity index (χ0v) is 12.0. The molecule has 2 aromatic carbocycles. The molecule has 0 fully saturated rings. The molecular weight excluding hydrogens is 269 g/mol. The van der Waals surface area contributed by atoms with Gasteiger partial charge in [-0.2, -0.15) is 0 Å². The van der Waals surface area contributed by atoms with E-state index < -0.39 is 5.82 Å². The number of nitrogens with zero attached hydrogens (tertiary/aromatic N) is 1. The van der Waals surface area contributed by atoms with Crippen LogP contribution in [0.5, 0.6) is 0 Å². The van der Waals surface area contributed by atoms with Crippen LogP contribution >= 0.6 is 0 Å². The SMILES string of the molecule is Cc1cc(C)cc(NCc2ccc(C(N)=NO)cc2F)c1. The highest BCUT2D eigenvalue weighted by Crippen LogP contribution is 2.16. The fourth-order valence-corrected chi connectivity index (χ4v) is 2.18. The van der Waals surface area contributed by atoms with Crippen LogP contribution in [-0.4, -0.2) is 11.0 Å². The zero-order chi connectivity index (χ0) is 15.4. The third kappa shape index (κ3) is 3.72. The third-order valence-corrected chi connectivity index (χ3v) is 3.16. The Labute approximate surface area is 123 Å². The van der Waals surface area contributed by atoms with E-state index >= 15 is 0 Å². The molecule has 0 aromatic heterocycles. The van der Waals surface area contributed by atoms with Gasteiger partial charge >= 0.3 is 0 Å². The van der Waals surface area contributed by atoms with Gasteiger partial charge in [0.2, 0.25) is 0 Å². The molecule has 0 heterocycles. The molecule has 5 heteroatoms. The number of benzene rings is 2. The molecule has 0 radical (unpaired) electrons. The van der Waals surface area contributed by atoms with Crippen molar-refractivity contribution in [3.63, 3.8) is 0 Å². The number of oxime groups is 1. The molecular formula is C16H18FN3O. The third-order valence-electron chi connectivity index (χ3n) is 3.16. The van der Waals surface area contributed by atoms with Crippen LogP contribution in [0.2, 0.25) is 0 Å². The topological polar surface area (TPSA) is 70.6 Å². The van der Waals surface area contributed by atoms with Gasteiger partial charge in [-0.15, -0.1) is 0 Å². The molecule has 0 atom stereocenters. The van der Waals surface area contributed by atoms with Gasteiger partial charge < -0.3 is 16.3 Å². The van der Waals surface area contributed by atoms with Gasteiger partial charge in [-0.05, 0) is 43.2 Å². The number of hydrogen-bond acceptors (Lipinski definition) is 3. The summed E-state index contributed by atoms with van der Waals surface area (Å²) >= 11 is 0. The average molecular weight is 287 g/mol. The van der Waals surface area contributed by atoms with E-state index in [9.17, 15) is 4.39 Å². The zero-order valence-electron chi connectivity index (χ0n) is 12.0. The van der Waals surface area contributed by atoms with Crippen molar-refractivity contribution in [2.24, 2.45) is 10.9 Å². The predicted octanol–water partition coefficient (Wildman–Crippen LogP) is 3.15. The van der Waals surface area contributed by atoms with Crippen molar-refractivity contribution in [1.82, 2.24) is 0 Å². The van der Waals surface area contributed by atoms with E-state index in [0.29, 0.717) is 17.7 Å². The van der Waals surface area contributed by atoms with Gasteiger partial charge in [0, 0.05) is 23.4 Å². The molecule has 4 N–H and O–H groups in total. The standard InChI is InChI=1S/C16H18FN3O/c1-10-5-11(2)7-14(6-10)19-9-13-4-3-12(8-15(13)17)16(18)20-21/h3-8,19,21H,9H2,1-2H3,(H2,18,20). The van der Waals surface area contributed by atoms with Crippen LogP contribution in [0.3, 0.4) is 0 Å². The molecule has 2 rings (SSSR count). The fourth-order valence-electron chi connectivity index (χ4n) is 2.18. The van der Waals surface area contributed by atoms with Gasteiger partial charge in [0.25, 0.3) is 0 Å². The second-order valence-electron chi connectivity index (χ2n) is 5.02. The number of halogens is 1. The Bertz CT molecular complexity index is 663. The van der Waals surface area contributed by atoms with Crippen molar-refractivity contribution in [2.75, 3.05) is 5.32 Å². The van der Waals surface area contributed by atoms with Gasteiger partial charge in [-0.3, -0.25) is 0 Å². The maximum absolute atomic E-state index is 14.0. The minimum Gasteiger partial charge on any atom is -0.409 e. The number of anilines is 1. The van der Waals surface area contributed by atoms with Crippen LogP contribution < -0.4 is 11.1 Å². The van der Waals surface area contributed by atoms with Crippen LogP contribution in [-0.2, 0) is 6.54 Å². The highest BCUT2D eigenvalue weighted by atomic mass is 19.1. The lowest BCUT2D eigenvalue weighted by atomic mass is 10.1. The minimum absolute atomic E-state index is 0.109. The predicted molar refractivity (Wildman–Crippen MR) is 82.2 cm³/mol. The summed E-state index contributed by atoms with van der Waals surface area (Å²) in [5, 5.41) is 14.6. The Balaban J connectivity index is 2.13. The summed E-state index contributed by atoms with van der Waals surface area (Å²) in [5.41, 5.74) is 9.56. The summed E-state index contributed by atoms with van der Waals surface area (Å²) in [6.45, 7) is 4.40. The first-order valence-corrected chi connectivity index (χ1v) is 6.58. The van der Waals surface area contributed by atoms with Crippen molar-refractivity contribution in [2.45, 2.75) is 20.4 Å². The van der Waals surface area contributed by atoms with Gasteiger partial charge in [0.1, 0.15) is 5.82 Å². The van der Waals surface area contributed by atoms with Crippen molar-refractivity contribution < 1.29 is 9.60 Å². The summed E-state index contributed by atoms with van der Waals surface area (Å²) in [4.78, 5) is 0. The Morgan fingerprint density at radius 2 is 1.86 bits per heavy atom. The smallest absolute Gasteiger partial charge is 0.170 e. The average Bonchev–Trinajstić information content (AvgIpc) is 2.44. The monoisotopic (exact) mass is 287 g/mol. The maximum atomic E-state index is 14.0. The number of rotatable bonds is 4. The fraction of sp³-hybridized carbons (Fsp3) is 0.188. The number of amidine groups is 1. The van der Waals surface area contributed by atoms with E-state index in [0.717, 1.165) is 16.8 Å². The van der Waals surface area contributed by atoms with E-state index in [1.165, 1.54) is 6.07 Å². The van der Waals surface area contributed by atoms with Gasteiger partial charge in [-0.1, -0.05) is 23.4 Å². The van der Waals surface area contributed by atoms with Crippen LogP contribution in [0.15, 0.2) is 41.6 Å². The van der Waals surface area contributed by atoms with E-state index in [1.807, 2.05) is 26.0 Å². The highest BCUT2D eigenvalue weighted by Gasteiger charge is 2.06. The first-order chi connectivity index (χ1) is 9.99.